The maximum Gasteiger partial charge on any atom is 0.234 e. The highest BCUT2D eigenvalue weighted by Gasteiger charge is 2.08. The minimum atomic E-state index is -0.0452. The van der Waals surface area contributed by atoms with Gasteiger partial charge in [0.1, 0.15) is 5.75 Å². The SMILES string of the molecule is O=C(CSCc1ccc(Br)cc1)Nc1ccccc1Oc1ccccc1. The van der Waals surface area contributed by atoms with Gasteiger partial charge in [-0.05, 0) is 42.0 Å². The number of hydrogen-bond acceptors (Lipinski definition) is 3. The lowest BCUT2D eigenvalue weighted by atomic mass is 10.2. The van der Waals surface area contributed by atoms with E-state index in [4.69, 9.17) is 4.74 Å². The van der Waals surface area contributed by atoms with Crippen molar-refractivity contribution < 1.29 is 9.53 Å². The predicted molar refractivity (Wildman–Crippen MR) is 112 cm³/mol. The number of thioether (sulfide) groups is 1. The summed E-state index contributed by atoms with van der Waals surface area (Å²) in [4.78, 5) is 12.3. The highest BCUT2D eigenvalue weighted by molar-refractivity contribution is 9.10. The number of carbonyl (C=O) groups is 1. The second-order valence-corrected chi connectivity index (χ2v) is 7.48. The van der Waals surface area contributed by atoms with Crippen LogP contribution >= 0.6 is 27.7 Å². The zero-order valence-electron chi connectivity index (χ0n) is 14.0. The molecule has 0 aliphatic heterocycles. The van der Waals surface area contributed by atoms with E-state index in [9.17, 15) is 4.79 Å². The number of ether oxygens (including phenoxy) is 1. The number of halogens is 1. The van der Waals surface area contributed by atoms with Gasteiger partial charge in [0.05, 0.1) is 11.4 Å². The summed E-state index contributed by atoms with van der Waals surface area (Å²) in [5.74, 6) is 2.50. The van der Waals surface area contributed by atoms with Crippen molar-refractivity contribution in [1.29, 1.82) is 0 Å². The standard InChI is InChI=1S/C21H18BrNO2S/c22-17-12-10-16(11-13-17)14-26-15-21(24)23-19-8-4-5-9-20(19)25-18-6-2-1-3-7-18/h1-13H,14-15H2,(H,23,24). The van der Waals surface area contributed by atoms with Gasteiger partial charge in [0, 0.05) is 10.2 Å². The van der Waals surface area contributed by atoms with Crippen LogP contribution in [0.1, 0.15) is 5.56 Å². The third-order valence-electron chi connectivity index (χ3n) is 3.55. The largest absolute Gasteiger partial charge is 0.455 e. The minimum Gasteiger partial charge on any atom is -0.455 e. The van der Waals surface area contributed by atoms with Gasteiger partial charge in [-0.15, -0.1) is 11.8 Å². The third-order valence-corrected chi connectivity index (χ3v) is 5.08. The Bertz CT molecular complexity index is 853. The first-order valence-electron chi connectivity index (χ1n) is 8.15. The van der Waals surface area contributed by atoms with Crippen molar-refractivity contribution in [2.24, 2.45) is 0 Å². The molecule has 1 amide bonds. The smallest absolute Gasteiger partial charge is 0.234 e. The molecule has 0 atom stereocenters. The van der Waals surface area contributed by atoms with Crippen LogP contribution in [0.4, 0.5) is 5.69 Å². The number of amides is 1. The molecule has 0 saturated carbocycles. The van der Waals surface area contributed by atoms with E-state index in [2.05, 4.69) is 33.4 Å². The molecule has 5 heteroatoms. The molecule has 0 heterocycles. The molecule has 3 nitrogen and oxygen atoms in total. The van der Waals surface area contributed by atoms with Crippen LogP contribution in [-0.2, 0) is 10.5 Å². The van der Waals surface area contributed by atoms with Crippen LogP contribution in [0.2, 0.25) is 0 Å². The van der Waals surface area contributed by atoms with Gasteiger partial charge in [0.15, 0.2) is 5.75 Å². The fourth-order valence-corrected chi connectivity index (χ4v) is 3.36. The topological polar surface area (TPSA) is 38.3 Å². The summed E-state index contributed by atoms with van der Waals surface area (Å²) < 4.78 is 6.92. The summed E-state index contributed by atoms with van der Waals surface area (Å²) in [5, 5.41) is 2.93. The zero-order valence-corrected chi connectivity index (χ0v) is 16.4. The average Bonchev–Trinajstić information content (AvgIpc) is 2.66. The Kier molecular flexibility index (Phi) is 6.75. The first-order valence-corrected chi connectivity index (χ1v) is 10.1. The van der Waals surface area contributed by atoms with Gasteiger partial charge in [-0.2, -0.15) is 0 Å². The summed E-state index contributed by atoms with van der Waals surface area (Å²) in [6.07, 6.45) is 0. The number of hydrogen-bond donors (Lipinski definition) is 1. The Hall–Kier alpha value is -2.24. The molecule has 3 aromatic rings. The highest BCUT2D eigenvalue weighted by atomic mass is 79.9. The van der Waals surface area contributed by atoms with Crippen molar-refractivity contribution >= 4 is 39.3 Å². The van der Waals surface area contributed by atoms with E-state index in [-0.39, 0.29) is 5.91 Å². The molecule has 26 heavy (non-hydrogen) atoms. The second kappa shape index (κ2) is 9.46. The van der Waals surface area contributed by atoms with Gasteiger partial charge in [0.2, 0.25) is 5.91 Å². The van der Waals surface area contributed by atoms with E-state index in [1.54, 1.807) is 11.8 Å². The summed E-state index contributed by atoms with van der Waals surface area (Å²) in [6.45, 7) is 0. The summed E-state index contributed by atoms with van der Waals surface area (Å²) in [7, 11) is 0. The summed E-state index contributed by atoms with van der Waals surface area (Å²) in [6, 6.07) is 25.1. The van der Waals surface area contributed by atoms with Crippen molar-refractivity contribution in [1.82, 2.24) is 0 Å². The quantitative estimate of drug-likeness (QED) is 0.493. The fourth-order valence-electron chi connectivity index (χ4n) is 2.30. The van der Waals surface area contributed by atoms with Crippen molar-refractivity contribution in [3.8, 4) is 11.5 Å². The molecule has 3 aromatic carbocycles. The summed E-state index contributed by atoms with van der Waals surface area (Å²) >= 11 is 5.00. The van der Waals surface area contributed by atoms with Gasteiger partial charge in [-0.1, -0.05) is 58.4 Å². The van der Waals surface area contributed by atoms with Gasteiger partial charge >= 0.3 is 0 Å². The van der Waals surface area contributed by atoms with Crippen molar-refractivity contribution in [3.63, 3.8) is 0 Å². The van der Waals surface area contributed by atoms with Gasteiger partial charge < -0.3 is 10.1 Å². The van der Waals surface area contributed by atoms with E-state index in [0.29, 0.717) is 17.2 Å². The van der Waals surface area contributed by atoms with Gasteiger partial charge in [-0.25, -0.2) is 0 Å². The number of carbonyl (C=O) groups excluding carboxylic acids is 1. The van der Waals surface area contributed by atoms with E-state index in [1.165, 1.54) is 5.56 Å². The average molecular weight is 428 g/mol. The molecule has 0 unspecified atom stereocenters. The van der Waals surface area contributed by atoms with Crippen molar-refractivity contribution in [2.75, 3.05) is 11.1 Å². The van der Waals surface area contributed by atoms with E-state index in [0.717, 1.165) is 16.0 Å². The van der Waals surface area contributed by atoms with Crippen LogP contribution in [0.3, 0.4) is 0 Å². The number of anilines is 1. The second-order valence-electron chi connectivity index (χ2n) is 5.58. The van der Waals surface area contributed by atoms with E-state index >= 15 is 0 Å². The highest BCUT2D eigenvalue weighted by Crippen LogP contribution is 2.29. The first-order chi connectivity index (χ1) is 12.7. The molecule has 3 rings (SSSR count). The predicted octanol–water partition coefficient (Wildman–Crippen LogP) is 6.11. The molecule has 1 N–H and O–H groups in total. The molecule has 0 aliphatic carbocycles. The molecule has 0 saturated heterocycles. The normalized spacial score (nSPS) is 10.3. The maximum atomic E-state index is 12.3. The Morgan fingerprint density at radius 3 is 2.38 bits per heavy atom. The molecule has 0 aliphatic rings. The van der Waals surface area contributed by atoms with Crippen LogP contribution in [-0.4, -0.2) is 11.7 Å². The van der Waals surface area contributed by atoms with E-state index in [1.807, 2.05) is 66.7 Å². The molecule has 0 radical (unpaired) electrons. The number of benzene rings is 3. The van der Waals surface area contributed by atoms with Crippen LogP contribution in [0.15, 0.2) is 83.3 Å². The molecular weight excluding hydrogens is 410 g/mol. The van der Waals surface area contributed by atoms with Crippen LogP contribution < -0.4 is 10.1 Å². The van der Waals surface area contributed by atoms with Gasteiger partial charge in [0.25, 0.3) is 0 Å². The first kappa shape index (κ1) is 18.5. The Labute approximate surface area is 165 Å². The van der Waals surface area contributed by atoms with Gasteiger partial charge in [-0.3, -0.25) is 4.79 Å². The molecular formula is C21H18BrNO2S. The van der Waals surface area contributed by atoms with Crippen molar-refractivity contribution in [3.05, 3.63) is 88.9 Å². The van der Waals surface area contributed by atoms with E-state index < -0.39 is 0 Å². The Morgan fingerprint density at radius 1 is 0.923 bits per heavy atom. The lowest BCUT2D eigenvalue weighted by Crippen LogP contribution is -2.14. The lowest BCUT2D eigenvalue weighted by molar-refractivity contribution is -0.113. The lowest BCUT2D eigenvalue weighted by Gasteiger charge is -2.12. The Morgan fingerprint density at radius 2 is 1.62 bits per heavy atom. The molecule has 0 aromatic heterocycles. The number of nitrogens with one attached hydrogen (secondary N) is 1. The maximum absolute atomic E-state index is 12.3. The zero-order chi connectivity index (χ0) is 18.2. The molecule has 132 valence electrons. The monoisotopic (exact) mass is 427 g/mol. The van der Waals surface area contributed by atoms with Crippen molar-refractivity contribution in [2.45, 2.75) is 5.75 Å². The summed E-state index contributed by atoms with van der Waals surface area (Å²) in [5.41, 5.74) is 1.87. The Balaban J connectivity index is 1.55. The third kappa shape index (κ3) is 5.64. The number of rotatable bonds is 7. The molecule has 0 fully saturated rings. The van der Waals surface area contributed by atoms with Crippen LogP contribution in [0.5, 0.6) is 11.5 Å². The number of para-hydroxylation sites is 3. The fraction of sp³-hybridized carbons (Fsp3) is 0.0952. The van der Waals surface area contributed by atoms with Crippen LogP contribution in [0.25, 0.3) is 0 Å². The molecule has 0 bridgehead atoms. The minimum absolute atomic E-state index is 0.0452. The van der Waals surface area contributed by atoms with Crippen LogP contribution in [0, 0.1) is 0 Å². The molecule has 0 spiro atoms.